The van der Waals surface area contributed by atoms with E-state index in [9.17, 15) is 38.7 Å². The molecule has 0 aromatic heterocycles. The van der Waals surface area contributed by atoms with Crippen LogP contribution in [0, 0.1) is 5.92 Å². The molecule has 0 heterocycles. The number of methoxy groups -OCH3 is 1. The Morgan fingerprint density at radius 2 is 1.00 bits per heavy atom. The van der Waals surface area contributed by atoms with E-state index in [1.165, 1.54) is 51.4 Å². The second-order valence-electron chi connectivity index (χ2n) is 21.1. The van der Waals surface area contributed by atoms with Crippen molar-refractivity contribution in [3.05, 3.63) is 35.4 Å². The number of halogens is 8. The Morgan fingerprint density at radius 3 is 1.31 bits per heavy atom. The summed E-state index contributed by atoms with van der Waals surface area (Å²) in [4.78, 5) is 76.2. The zero-order valence-corrected chi connectivity index (χ0v) is 64.0. The molecular weight excluding hydrogens is 1530 g/mol. The smallest absolute Gasteiger partial charge is 1.00 e. The molecule has 0 spiro atoms. The summed E-state index contributed by atoms with van der Waals surface area (Å²) in [5.74, 6) is -0.585. The Balaban J connectivity index is -0.00000107. The Labute approximate surface area is 611 Å². The van der Waals surface area contributed by atoms with Crippen LogP contribution in [0.5, 0.6) is 0 Å². The normalized spacial score (nSPS) is 19.1. The summed E-state index contributed by atoms with van der Waals surface area (Å²) < 4.78 is 46.4. The monoisotopic (exact) mass is 1620 g/mol. The van der Waals surface area contributed by atoms with E-state index in [2.05, 4.69) is 36.8 Å². The van der Waals surface area contributed by atoms with Crippen LogP contribution in [0.1, 0.15) is 238 Å². The largest absolute Gasteiger partial charge is 1.00 e. The summed E-state index contributed by atoms with van der Waals surface area (Å²) in [5.41, 5.74) is 0.00814. The molecule has 1 aromatic carbocycles. The van der Waals surface area contributed by atoms with Crippen molar-refractivity contribution in [2.45, 2.75) is 290 Å². The van der Waals surface area contributed by atoms with Gasteiger partial charge in [-0.1, -0.05) is 127 Å². The van der Waals surface area contributed by atoms with Crippen molar-refractivity contribution < 1.29 is 145 Å². The molecule has 19 nitrogen and oxygen atoms in total. The molecule has 5 aliphatic rings. The first-order valence-electron chi connectivity index (χ1n) is 30.7. The number of aliphatic hydroxyl groups excluding tert-OH is 2. The van der Waals surface area contributed by atoms with Gasteiger partial charge in [0.2, 0.25) is 0 Å². The number of rotatable bonds is 17. The van der Waals surface area contributed by atoms with Crippen LogP contribution in [0.15, 0.2) is 24.3 Å². The van der Waals surface area contributed by atoms with Gasteiger partial charge in [-0.25, -0.2) is 24.0 Å². The summed E-state index contributed by atoms with van der Waals surface area (Å²) in [6.07, 6.45) is 25.6. The first kappa shape index (κ1) is 92.2. The van der Waals surface area contributed by atoms with Gasteiger partial charge in [0.25, 0.3) is 6.29 Å². The molecule has 4 unspecified atom stereocenters. The van der Waals surface area contributed by atoms with Crippen LogP contribution < -0.4 is 53.5 Å². The first-order valence-corrected chi connectivity index (χ1v) is 34.3. The molecule has 6 rings (SSSR count). The van der Waals surface area contributed by atoms with Crippen LogP contribution >= 0.6 is 92.2 Å². The number of carbonyl (C=O) groups is 7. The molecule has 5 fully saturated rings. The van der Waals surface area contributed by atoms with Crippen LogP contribution in [0.25, 0.3) is 0 Å². The van der Waals surface area contributed by atoms with Gasteiger partial charge in [0.05, 0.1) is 25.2 Å². The fourth-order valence-electron chi connectivity index (χ4n) is 8.98. The van der Waals surface area contributed by atoms with Gasteiger partial charge >= 0.3 is 69.6 Å². The molecule has 5 aliphatic carbocycles. The minimum atomic E-state index is -2.03. The molecule has 89 heavy (non-hydrogen) atoms. The maximum absolute atomic E-state index is 12.6. The van der Waals surface area contributed by atoms with Crippen molar-refractivity contribution in [1.29, 1.82) is 0 Å². The number of alkyl halides is 6. The Bertz CT molecular complexity index is 1960. The maximum atomic E-state index is 12.6. The van der Waals surface area contributed by atoms with Crippen LogP contribution in [-0.2, 0) is 63.4 Å². The third-order valence-electron chi connectivity index (χ3n) is 13.9. The Kier molecular flexibility index (Phi) is 59.4. The van der Waals surface area contributed by atoms with Crippen molar-refractivity contribution in [1.82, 2.24) is 0 Å². The van der Waals surface area contributed by atoms with E-state index in [-0.39, 0.29) is 88.2 Å². The predicted molar refractivity (Wildman–Crippen MR) is 345 cm³/mol. The molecule has 7 atom stereocenters. The van der Waals surface area contributed by atoms with E-state index in [0.717, 1.165) is 134 Å². The van der Waals surface area contributed by atoms with Crippen molar-refractivity contribution in [2.24, 2.45) is 5.92 Å². The van der Waals surface area contributed by atoms with E-state index in [0.29, 0.717) is 31.6 Å². The summed E-state index contributed by atoms with van der Waals surface area (Å²) in [6, 6.07) is 7.89. The van der Waals surface area contributed by atoms with Crippen LogP contribution in [0.3, 0.4) is 0 Å². The average Bonchev–Trinajstić information content (AvgIpc) is 4.20. The summed E-state index contributed by atoms with van der Waals surface area (Å²) in [5, 5.41) is 18.9. The second kappa shape index (κ2) is 57.3. The average molecular weight is 1620 g/mol. The molecular formula is C61H97Cl6I2NaO19. The Hall–Kier alpha value is -0.970. The predicted octanol–water partition coefficient (Wildman–Crippen LogP) is 12.7. The Morgan fingerprint density at radius 1 is 0.584 bits per heavy atom. The molecule has 1 aromatic rings. The van der Waals surface area contributed by atoms with Gasteiger partial charge < -0.3 is 86.4 Å². The van der Waals surface area contributed by atoms with Crippen LogP contribution in [0.2, 0.25) is 0 Å². The summed E-state index contributed by atoms with van der Waals surface area (Å²) >= 11 is 32.9. The van der Waals surface area contributed by atoms with Crippen molar-refractivity contribution in [3.63, 3.8) is 0 Å². The molecule has 0 aliphatic heterocycles. The van der Waals surface area contributed by atoms with E-state index in [4.69, 9.17) is 108 Å². The quantitative estimate of drug-likeness (QED) is 0.0215. The molecule has 512 valence electrons. The topological polar surface area (TPSA) is 252 Å². The van der Waals surface area contributed by atoms with Crippen LogP contribution in [0.4, 0.5) is 24.0 Å². The maximum Gasteiger partial charge on any atom is 1.00 e. The number of benzene rings is 1. The van der Waals surface area contributed by atoms with E-state index >= 15 is 0 Å². The van der Waals surface area contributed by atoms with Crippen molar-refractivity contribution >= 4 is 135 Å². The van der Waals surface area contributed by atoms with Gasteiger partial charge in [0.1, 0.15) is 24.6 Å². The standard InChI is InChI=1S/C25H36O6.C10H17ClO3.C10H17IO3.C6H12O.C4H6Cl2O2.C3H3Cl3O3.C3H6O.HI.Na/c1-3-23(31-25(28)29-21-9-5-4-6-10-21)30-24(27)17(2)19-14-12-18(13-15-19)16-20-8-7-11-22(20)26;2*1-2-9(11)14-10(12)13-8-6-4-3-5-7-8;7-6-4-2-1-3-5-6;1-2-3(5)8-4(6)7;1-8-2(7)9-3(4,5)6;1-2-3-4;;/h12-15,17,20-23,26H,3-11,16H2,1-2H3;2*8-9H,2-7H2,1H3;6-7H,1-5H2;3H,2H2,1H3;1H3;3H,2H2,1H3;1H;/q;;;;;;;;+1/p-1/t17-,20+,22-,23?;;;;;;;;/m0......../s1. The van der Waals surface area contributed by atoms with E-state index in [1.807, 2.05) is 45.0 Å². The van der Waals surface area contributed by atoms with Crippen LogP contribution in [-0.4, -0.2) is 116 Å². The van der Waals surface area contributed by atoms with Gasteiger partial charge in [-0.3, -0.25) is 4.79 Å². The molecule has 0 radical (unpaired) electrons. The van der Waals surface area contributed by atoms with Gasteiger partial charge in [0.15, 0.2) is 15.2 Å². The fraction of sp³-hybridized carbons (Fsp3) is 0.787. The molecule has 0 bridgehead atoms. The minimum Gasteiger partial charge on any atom is -1.00 e. The SMILES string of the molecule is CCC(Cl)OC(=O)Cl.CCC(Cl)OC(=O)OC1CCCCC1.CCC(I)OC(=O)OC1CCCCC1.CCC(OC(=O)OC1CCCCC1)OC(=O)[C@@H](C)c1ccc(C[C@H]2CCC[C@@H]2O)cc1.CCC=O.COC(=O)OC(Cl)(Cl)Cl.OC1CCCCC1.[I-].[Na+]. The second-order valence-corrected chi connectivity index (χ2v) is 26.0. The van der Waals surface area contributed by atoms with E-state index in [1.54, 1.807) is 20.8 Å². The summed E-state index contributed by atoms with van der Waals surface area (Å²) in [7, 11) is 1.11. The number of hydrogen-bond donors (Lipinski definition) is 2. The first-order chi connectivity index (χ1) is 41.3. The number of aliphatic hydroxyl groups is 2. The van der Waals surface area contributed by atoms with Gasteiger partial charge in [-0.15, -0.1) is 0 Å². The molecule has 2 N–H and O–H groups in total. The third kappa shape index (κ3) is 51.0. The molecule has 5 saturated carbocycles. The third-order valence-corrected chi connectivity index (χ3v) is 16.2. The molecule has 0 amide bonds. The number of hydrogen-bond acceptors (Lipinski definition) is 19. The number of carbonyl (C=O) groups excluding carboxylic acids is 7. The summed E-state index contributed by atoms with van der Waals surface area (Å²) in [6.45, 7) is 11.0. The zero-order valence-electron chi connectivity index (χ0n) is 53.1. The molecule has 0 saturated heterocycles. The molecule has 28 heteroatoms. The fourth-order valence-corrected chi connectivity index (χ4v) is 9.69. The number of esters is 1. The van der Waals surface area contributed by atoms with Crippen molar-refractivity contribution in [2.75, 3.05) is 7.11 Å². The zero-order chi connectivity index (χ0) is 65.6. The van der Waals surface area contributed by atoms with Gasteiger partial charge in [0, 0.05) is 24.4 Å². The van der Waals surface area contributed by atoms with Gasteiger partial charge in [-0.05, 0) is 210 Å². The van der Waals surface area contributed by atoms with E-state index < -0.39 is 63.3 Å². The number of ether oxygens (including phenoxy) is 10. The minimum absolute atomic E-state index is 0. The van der Waals surface area contributed by atoms with Gasteiger partial charge in [-0.2, -0.15) is 0 Å². The van der Waals surface area contributed by atoms with Crippen molar-refractivity contribution in [3.8, 4) is 0 Å². The number of aldehydes is 1.